The van der Waals surface area contributed by atoms with E-state index in [-0.39, 0.29) is 18.4 Å². The van der Waals surface area contributed by atoms with Crippen LogP contribution in [0.1, 0.15) is 31.4 Å². The first kappa shape index (κ1) is 26.0. The van der Waals surface area contributed by atoms with Gasteiger partial charge in [0.1, 0.15) is 29.6 Å². The molecule has 0 fully saturated rings. The fraction of sp³-hybridized carbons (Fsp3) is 0.440. The van der Waals surface area contributed by atoms with Gasteiger partial charge in [-0.1, -0.05) is 30.7 Å². The predicted octanol–water partition coefficient (Wildman–Crippen LogP) is 2.58. The third kappa shape index (κ3) is 6.27. The fourth-order valence-corrected chi connectivity index (χ4v) is 3.85. The van der Waals surface area contributed by atoms with Crippen LogP contribution in [0.5, 0.6) is 11.5 Å². The first-order chi connectivity index (χ1) is 17.0. The summed E-state index contributed by atoms with van der Waals surface area (Å²) in [6.45, 7) is 3.04. The standard InChI is InChI=1S/C25H33N5O5/c1-5-6-14-29(23(31)17-30-21-10-8-7-9-20(21)27-28-30)24(25(32)26-13-15-33-2)19-12-11-18(34-3)16-22(19)35-4/h7-12,16,24H,5-6,13-15,17H2,1-4H3,(H,26,32)/t24-/m0/s1. The molecule has 0 aliphatic heterocycles. The summed E-state index contributed by atoms with van der Waals surface area (Å²) in [6.07, 6.45) is 1.58. The molecule has 35 heavy (non-hydrogen) atoms. The zero-order valence-corrected chi connectivity index (χ0v) is 20.7. The molecule has 10 nitrogen and oxygen atoms in total. The number of nitrogens with zero attached hydrogens (tertiary/aromatic N) is 4. The number of carbonyl (C=O) groups is 2. The van der Waals surface area contributed by atoms with Crippen molar-refractivity contribution in [1.29, 1.82) is 0 Å². The van der Waals surface area contributed by atoms with Crippen LogP contribution in [-0.2, 0) is 20.9 Å². The van der Waals surface area contributed by atoms with E-state index in [9.17, 15) is 9.59 Å². The summed E-state index contributed by atoms with van der Waals surface area (Å²) in [5.74, 6) is 0.471. The van der Waals surface area contributed by atoms with Crippen LogP contribution in [0.2, 0.25) is 0 Å². The number of benzene rings is 2. The third-order valence-electron chi connectivity index (χ3n) is 5.68. The van der Waals surface area contributed by atoms with Crippen LogP contribution in [0.4, 0.5) is 0 Å². The van der Waals surface area contributed by atoms with E-state index in [1.165, 1.54) is 7.11 Å². The Morgan fingerprint density at radius 2 is 1.91 bits per heavy atom. The second kappa shape index (κ2) is 12.7. The Labute approximate surface area is 205 Å². The Morgan fingerprint density at radius 3 is 2.63 bits per heavy atom. The lowest BCUT2D eigenvalue weighted by Gasteiger charge is -2.32. The minimum absolute atomic E-state index is 0.0510. The molecular weight excluding hydrogens is 450 g/mol. The summed E-state index contributed by atoms with van der Waals surface area (Å²) < 4.78 is 17.6. The molecule has 0 saturated heterocycles. The van der Waals surface area contributed by atoms with Crippen molar-refractivity contribution in [1.82, 2.24) is 25.2 Å². The van der Waals surface area contributed by atoms with E-state index in [1.54, 1.807) is 42.0 Å². The van der Waals surface area contributed by atoms with Crippen molar-refractivity contribution in [2.75, 3.05) is 41.0 Å². The van der Waals surface area contributed by atoms with Gasteiger partial charge in [-0.25, -0.2) is 4.68 Å². The van der Waals surface area contributed by atoms with Gasteiger partial charge in [-0.3, -0.25) is 9.59 Å². The van der Waals surface area contributed by atoms with Gasteiger partial charge in [-0.2, -0.15) is 0 Å². The maximum atomic E-state index is 13.7. The van der Waals surface area contributed by atoms with Crippen LogP contribution < -0.4 is 14.8 Å². The minimum atomic E-state index is -0.915. The van der Waals surface area contributed by atoms with E-state index in [1.807, 2.05) is 31.2 Å². The molecule has 10 heteroatoms. The molecule has 0 bridgehead atoms. The highest BCUT2D eigenvalue weighted by molar-refractivity contribution is 5.90. The molecule has 2 aromatic carbocycles. The normalized spacial score (nSPS) is 11.8. The molecule has 0 spiro atoms. The van der Waals surface area contributed by atoms with Crippen molar-refractivity contribution in [3.8, 4) is 11.5 Å². The molecule has 3 aromatic rings. The van der Waals surface area contributed by atoms with Gasteiger partial charge >= 0.3 is 0 Å². The smallest absolute Gasteiger partial charge is 0.247 e. The second-order valence-electron chi connectivity index (χ2n) is 7.97. The zero-order chi connectivity index (χ0) is 25.2. The number of fused-ring (bicyclic) bond motifs is 1. The lowest BCUT2D eigenvalue weighted by Crippen LogP contribution is -2.46. The van der Waals surface area contributed by atoms with Gasteiger partial charge in [0.15, 0.2) is 0 Å². The predicted molar refractivity (Wildman–Crippen MR) is 131 cm³/mol. The Kier molecular flexibility index (Phi) is 9.42. The number of hydrogen-bond acceptors (Lipinski definition) is 7. The van der Waals surface area contributed by atoms with Crippen molar-refractivity contribution < 1.29 is 23.8 Å². The van der Waals surface area contributed by atoms with E-state index in [2.05, 4.69) is 15.6 Å². The molecule has 0 saturated carbocycles. The summed E-state index contributed by atoms with van der Waals surface area (Å²) in [6, 6.07) is 11.7. The van der Waals surface area contributed by atoms with Gasteiger partial charge in [0.25, 0.3) is 0 Å². The highest BCUT2D eigenvalue weighted by Gasteiger charge is 2.33. The summed E-state index contributed by atoms with van der Waals surface area (Å²) in [5.41, 5.74) is 2.02. The van der Waals surface area contributed by atoms with Crippen LogP contribution >= 0.6 is 0 Å². The van der Waals surface area contributed by atoms with E-state index in [4.69, 9.17) is 14.2 Å². The van der Waals surface area contributed by atoms with Crippen molar-refractivity contribution in [2.45, 2.75) is 32.4 Å². The molecule has 0 aliphatic carbocycles. The quantitative estimate of drug-likeness (QED) is 0.372. The van der Waals surface area contributed by atoms with Gasteiger partial charge in [-0.05, 0) is 30.7 Å². The van der Waals surface area contributed by atoms with Crippen LogP contribution in [0.25, 0.3) is 11.0 Å². The van der Waals surface area contributed by atoms with Crippen LogP contribution in [0, 0.1) is 0 Å². The largest absolute Gasteiger partial charge is 0.497 e. The third-order valence-corrected chi connectivity index (χ3v) is 5.68. The van der Waals surface area contributed by atoms with Crippen molar-refractivity contribution in [3.05, 3.63) is 48.0 Å². The monoisotopic (exact) mass is 483 g/mol. The van der Waals surface area contributed by atoms with Crippen LogP contribution in [0.3, 0.4) is 0 Å². The molecule has 1 N–H and O–H groups in total. The molecule has 2 amide bonds. The van der Waals surface area contributed by atoms with Crippen LogP contribution in [-0.4, -0.2) is 72.7 Å². The number of rotatable bonds is 13. The highest BCUT2D eigenvalue weighted by atomic mass is 16.5. The van der Waals surface area contributed by atoms with E-state index in [0.717, 1.165) is 18.4 Å². The number of aromatic nitrogens is 3. The van der Waals surface area contributed by atoms with Gasteiger partial charge in [-0.15, -0.1) is 5.10 Å². The molecule has 1 atom stereocenters. The SMILES string of the molecule is CCCCN(C(=O)Cn1nnc2ccccc21)[C@H](C(=O)NCCOC)c1ccc(OC)cc1OC. The fourth-order valence-electron chi connectivity index (χ4n) is 3.85. The average molecular weight is 484 g/mol. The molecule has 0 aliphatic rings. The van der Waals surface area contributed by atoms with E-state index in [0.29, 0.717) is 42.3 Å². The lowest BCUT2D eigenvalue weighted by atomic mass is 10.0. The molecule has 1 heterocycles. The first-order valence-corrected chi connectivity index (χ1v) is 11.6. The van der Waals surface area contributed by atoms with E-state index < -0.39 is 6.04 Å². The topological polar surface area (TPSA) is 108 Å². The van der Waals surface area contributed by atoms with Crippen molar-refractivity contribution >= 4 is 22.8 Å². The highest BCUT2D eigenvalue weighted by Crippen LogP contribution is 2.33. The van der Waals surface area contributed by atoms with Crippen LogP contribution in [0.15, 0.2) is 42.5 Å². The maximum Gasteiger partial charge on any atom is 0.247 e. The Balaban J connectivity index is 2.01. The first-order valence-electron chi connectivity index (χ1n) is 11.6. The number of para-hydroxylation sites is 1. The number of amides is 2. The Hall–Kier alpha value is -3.66. The number of ether oxygens (including phenoxy) is 3. The van der Waals surface area contributed by atoms with Gasteiger partial charge in [0, 0.05) is 31.8 Å². The Morgan fingerprint density at radius 1 is 1.11 bits per heavy atom. The van der Waals surface area contributed by atoms with Crippen molar-refractivity contribution in [2.24, 2.45) is 0 Å². The molecular formula is C25H33N5O5. The lowest BCUT2D eigenvalue weighted by molar-refractivity contribution is -0.141. The average Bonchev–Trinajstić information content (AvgIpc) is 3.29. The molecule has 188 valence electrons. The number of hydrogen-bond donors (Lipinski definition) is 1. The van der Waals surface area contributed by atoms with E-state index >= 15 is 0 Å². The maximum absolute atomic E-state index is 13.7. The molecule has 0 radical (unpaired) electrons. The summed E-state index contributed by atoms with van der Waals surface area (Å²) in [4.78, 5) is 28.8. The number of carbonyl (C=O) groups excluding carboxylic acids is 2. The van der Waals surface area contributed by atoms with Gasteiger partial charge in [0.05, 0.1) is 26.3 Å². The van der Waals surface area contributed by atoms with Gasteiger partial charge < -0.3 is 24.4 Å². The summed E-state index contributed by atoms with van der Waals surface area (Å²) in [7, 11) is 4.65. The summed E-state index contributed by atoms with van der Waals surface area (Å²) in [5, 5.41) is 11.2. The number of methoxy groups -OCH3 is 3. The number of unbranched alkanes of at least 4 members (excludes halogenated alkanes) is 1. The minimum Gasteiger partial charge on any atom is -0.497 e. The van der Waals surface area contributed by atoms with Gasteiger partial charge in [0.2, 0.25) is 11.8 Å². The zero-order valence-electron chi connectivity index (χ0n) is 20.7. The Bertz CT molecular complexity index is 1130. The van der Waals surface area contributed by atoms with Crippen molar-refractivity contribution in [3.63, 3.8) is 0 Å². The molecule has 1 aromatic heterocycles. The molecule has 0 unspecified atom stereocenters. The summed E-state index contributed by atoms with van der Waals surface area (Å²) >= 11 is 0. The second-order valence-corrected chi connectivity index (χ2v) is 7.97. The molecule has 3 rings (SSSR count). The number of nitrogens with one attached hydrogen (secondary N) is 1.